The predicted octanol–water partition coefficient (Wildman–Crippen LogP) is 1.09. The standard InChI is InChI=1S/C8H20N.C3H4O2.CH4O4S/c1-8(2,3)7-9(4,5)6;1-2-3(4)5;1-5-6(2,3)4/h7H2,1-6H3;2H,1H2,(H,4,5);1H3,(H,2,3,4)/q+1;;/p-1. The minimum absolute atomic E-state index is 0.457. The van der Waals surface area contributed by atoms with E-state index < -0.39 is 16.4 Å². The van der Waals surface area contributed by atoms with Crippen molar-refractivity contribution < 1.29 is 31.5 Å². The number of nitrogens with zero attached hydrogens (tertiary/aromatic N) is 1. The van der Waals surface area contributed by atoms with Crippen LogP contribution in [0.5, 0.6) is 0 Å². The summed E-state index contributed by atoms with van der Waals surface area (Å²) >= 11 is 0. The Morgan fingerprint density at radius 3 is 1.60 bits per heavy atom. The molecule has 0 saturated carbocycles. The smallest absolute Gasteiger partial charge is 0.327 e. The first-order valence-electron chi connectivity index (χ1n) is 5.71. The van der Waals surface area contributed by atoms with E-state index in [4.69, 9.17) is 5.11 Å². The van der Waals surface area contributed by atoms with E-state index in [0.29, 0.717) is 5.41 Å². The highest BCUT2D eigenvalue weighted by molar-refractivity contribution is 7.80. The maximum absolute atomic E-state index is 9.25. The monoisotopic (exact) mass is 313 g/mol. The number of rotatable bonds is 3. The second-order valence-corrected chi connectivity index (χ2v) is 7.28. The summed E-state index contributed by atoms with van der Waals surface area (Å²) in [6, 6.07) is 0. The highest BCUT2D eigenvalue weighted by Gasteiger charge is 2.19. The SMILES string of the molecule is C=CC(=O)O.CC(C)(C)C[N+](C)(C)C.COS(=O)(=O)[O-]. The van der Waals surface area contributed by atoms with E-state index in [-0.39, 0.29) is 0 Å². The highest BCUT2D eigenvalue weighted by atomic mass is 32.3. The van der Waals surface area contributed by atoms with Gasteiger partial charge in [-0.15, -0.1) is 0 Å². The zero-order valence-electron chi connectivity index (χ0n) is 13.3. The van der Waals surface area contributed by atoms with Gasteiger partial charge < -0.3 is 14.1 Å². The third-order valence-corrected chi connectivity index (χ3v) is 1.74. The van der Waals surface area contributed by atoms with Crippen molar-refractivity contribution in [2.24, 2.45) is 5.41 Å². The van der Waals surface area contributed by atoms with Gasteiger partial charge in [0.25, 0.3) is 0 Å². The first-order chi connectivity index (χ1) is 8.54. The number of carboxylic acid groups (broad SMARTS) is 1. The average molecular weight is 313 g/mol. The van der Waals surface area contributed by atoms with Gasteiger partial charge in [-0.1, -0.05) is 27.4 Å². The zero-order chi connectivity index (χ0) is 17.2. The molecule has 7 nitrogen and oxygen atoms in total. The van der Waals surface area contributed by atoms with Crippen LogP contribution in [0.3, 0.4) is 0 Å². The molecule has 0 fully saturated rings. The molecule has 0 aliphatic carbocycles. The summed E-state index contributed by atoms with van der Waals surface area (Å²) in [5.41, 5.74) is 0.457. The van der Waals surface area contributed by atoms with Gasteiger partial charge in [0, 0.05) is 11.5 Å². The quantitative estimate of drug-likeness (QED) is 0.362. The lowest BCUT2D eigenvalue weighted by Gasteiger charge is -2.31. The largest absolute Gasteiger partial charge is 0.726 e. The van der Waals surface area contributed by atoms with Crippen molar-refractivity contribution in [3.8, 4) is 0 Å². The molecule has 122 valence electrons. The second-order valence-electron chi connectivity index (χ2n) is 6.13. The van der Waals surface area contributed by atoms with Gasteiger partial charge >= 0.3 is 5.97 Å². The van der Waals surface area contributed by atoms with Crippen molar-refractivity contribution in [3.63, 3.8) is 0 Å². The fraction of sp³-hybridized carbons (Fsp3) is 0.750. The maximum Gasteiger partial charge on any atom is 0.327 e. The number of aliphatic carboxylic acids is 1. The Hall–Kier alpha value is -0.960. The summed E-state index contributed by atoms with van der Waals surface area (Å²) in [7, 11) is 3.08. The second kappa shape index (κ2) is 9.87. The fourth-order valence-corrected chi connectivity index (χ4v) is 1.42. The van der Waals surface area contributed by atoms with Crippen LogP contribution in [0.1, 0.15) is 20.8 Å². The van der Waals surface area contributed by atoms with Crippen LogP contribution in [-0.4, -0.2) is 63.3 Å². The van der Waals surface area contributed by atoms with E-state index in [0.717, 1.165) is 17.7 Å². The summed E-state index contributed by atoms with van der Waals surface area (Å²) < 4.78 is 32.1. The molecule has 0 saturated heterocycles. The molecule has 0 spiro atoms. The number of hydrogen-bond donors (Lipinski definition) is 1. The molecule has 20 heavy (non-hydrogen) atoms. The average Bonchev–Trinajstić information content (AvgIpc) is 2.12. The summed E-state index contributed by atoms with van der Waals surface area (Å²) in [5.74, 6) is -0.981. The van der Waals surface area contributed by atoms with E-state index in [1.807, 2.05) is 0 Å². The molecule has 0 radical (unpaired) electrons. The first-order valence-corrected chi connectivity index (χ1v) is 7.04. The van der Waals surface area contributed by atoms with Crippen LogP contribution in [0.15, 0.2) is 12.7 Å². The van der Waals surface area contributed by atoms with Crippen LogP contribution >= 0.6 is 0 Å². The summed E-state index contributed by atoms with van der Waals surface area (Å²) in [5, 5.41) is 7.60. The van der Waals surface area contributed by atoms with Crippen molar-refractivity contribution >= 4 is 16.4 Å². The summed E-state index contributed by atoms with van der Waals surface area (Å²) in [6.45, 7) is 11.0. The molecule has 0 heterocycles. The first kappa shape index (κ1) is 24.1. The molecule has 1 N–H and O–H groups in total. The Balaban J connectivity index is -0.000000230. The Kier molecular flexibility index (Phi) is 11.9. The molecule has 0 aromatic rings. The number of carbonyl (C=O) groups is 1. The molecule has 0 unspecified atom stereocenters. The van der Waals surface area contributed by atoms with Crippen molar-refractivity contribution in [1.82, 2.24) is 0 Å². The lowest BCUT2D eigenvalue weighted by Crippen LogP contribution is -2.41. The van der Waals surface area contributed by atoms with Crippen LogP contribution in [0, 0.1) is 5.41 Å². The van der Waals surface area contributed by atoms with E-state index in [9.17, 15) is 17.8 Å². The van der Waals surface area contributed by atoms with Gasteiger partial charge in [-0.2, -0.15) is 0 Å². The fourth-order valence-electron chi connectivity index (χ4n) is 1.42. The molecule has 0 aliphatic heterocycles. The molecule has 0 amide bonds. The molecule has 8 heteroatoms. The van der Waals surface area contributed by atoms with Gasteiger partial charge in [0.15, 0.2) is 0 Å². The number of quaternary nitrogens is 1. The molecule has 0 aliphatic rings. The van der Waals surface area contributed by atoms with Crippen LogP contribution in [0.4, 0.5) is 0 Å². The van der Waals surface area contributed by atoms with Gasteiger partial charge in [-0.3, -0.25) is 4.18 Å². The summed E-state index contributed by atoms with van der Waals surface area (Å²) in [6.07, 6.45) is 0.833. The summed E-state index contributed by atoms with van der Waals surface area (Å²) in [4.78, 5) is 9.25. The minimum Gasteiger partial charge on any atom is -0.726 e. The molecule has 0 aromatic carbocycles. The van der Waals surface area contributed by atoms with Gasteiger partial charge in [0.2, 0.25) is 10.4 Å². The molecule has 0 atom stereocenters. The van der Waals surface area contributed by atoms with Crippen molar-refractivity contribution in [2.45, 2.75) is 20.8 Å². The lowest BCUT2D eigenvalue weighted by molar-refractivity contribution is -0.876. The van der Waals surface area contributed by atoms with Crippen LogP contribution in [-0.2, 0) is 19.4 Å². The third kappa shape index (κ3) is 43.5. The van der Waals surface area contributed by atoms with Crippen molar-refractivity contribution in [3.05, 3.63) is 12.7 Å². The third-order valence-electron chi connectivity index (χ3n) is 1.33. The zero-order valence-corrected chi connectivity index (χ0v) is 14.2. The predicted molar refractivity (Wildman–Crippen MR) is 76.9 cm³/mol. The Morgan fingerprint density at radius 1 is 1.35 bits per heavy atom. The number of carboxylic acids is 1. The Morgan fingerprint density at radius 2 is 1.60 bits per heavy atom. The molecule has 0 aromatic heterocycles. The van der Waals surface area contributed by atoms with Crippen molar-refractivity contribution in [1.29, 1.82) is 0 Å². The van der Waals surface area contributed by atoms with E-state index >= 15 is 0 Å². The lowest BCUT2D eigenvalue weighted by atomic mass is 9.96. The van der Waals surface area contributed by atoms with Gasteiger partial charge in [-0.05, 0) is 0 Å². The van der Waals surface area contributed by atoms with Crippen LogP contribution in [0.2, 0.25) is 0 Å². The van der Waals surface area contributed by atoms with E-state index in [1.165, 1.54) is 6.54 Å². The molecule has 0 bridgehead atoms. The Bertz CT molecular complexity index is 364. The van der Waals surface area contributed by atoms with Gasteiger partial charge in [0.05, 0.1) is 34.8 Å². The van der Waals surface area contributed by atoms with Gasteiger partial charge in [0.1, 0.15) is 0 Å². The topological polar surface area (TPSA) is 104 Å². The number of hydrogen-bond acceptors (Lipinski definition) is 5. The Labute approximate surface area is 122 Å². The van der Waals surface area contributed by atoms with Crippen LogP contribution in [0.25, 0.3) is 0 Å². The highest BCUT2D eigenvalue weighted by Crippen LogP contribution is 2.15. The molecular weight excluding hydrogens is 286 g/mol. The maximum atomic E-state index is 9.25. The molecule has 0 rings (SSSR count). The van der Waals surface area contributed by atoms with Crippen LogP contribution < -0.4 is 0 Å². The minimum atomic E-state index is -4.41. The van der Waals surface area contributed by atoms with E-state index in [2.05, 4.69) is 52.7 Å². The van der Waals surface area contributed by atoms with Crippen molar-refractivity contribution in [2.75, 3.05) is 34.8 Å². The normalized spacial score (nSPS) is 11.4. The van der Waals surface area contributed by atoms with Gasteiger partial charge in [-0.25, -0.2) is 13.2 Å². The van der Waals surface area contributed by atoms with E-state index in [1.54, 1.807) is 0 Å². The molecular formula is C12H27NO6S.